The molecule has 0 bridgehead atoms. The third kappa shape index (κ3) is 4.18. The number of methoxy groups -OCH3 is 2. The summed E-state index contributed by atoms with van der Waals surface area (Å²) in [5.74, 6) is 0.654. The largest absolute Gasteiger partial charge is 0.493 e. The zero-order valence-electron chi connectivity index (χ0n) is 17.1. The number of fused-ring (bicyclic) bond motifs is 1. The molecule has 0 aliphatic heterocycles. The van der Waals surface area contributed by atoms with Crippen LogP contribution in [0, 0.1) is 5.41 Å². The summed E-state index contributed by atoms with van der Waals surface area (Å²) in [6, 6.07) is 9.64. The Hall–Kier alpha value is -3.19. The maximum Gasteiger partial charge on any atom is 0.304 e. The van der Waals surface area contributed by atoms with Gasteiger partial charge in [0.05, 0.1) is 43.2 Å². The van der Waals surface area contributed by atoms with Crippen molar-refractivity contribution in [2.45, 2.75) is 19.3 Å². The van der Waals surface area contributed by atoms with E-state index in [-0.39, 0.29) is 35.2 Å². The molecule has 1 aromatic heterocycles. The Kier molecular flexibility index (Phi) is 5.54. The Morgan fingerprint density at radius 1 is 1.13 bits per heavy atom. The Balaban J connectivity index is 1.81. The van der Waals surface area contributed by atoms with Crippen molar-refractivity contribution >= 4 is 28.5 Å². The summed E-state index contributed by atoms with van der Waals surface area (Å²) in [4.78, 5) is 23.9. The number of halogens is 1. The van der Waals surface area contributed by atoms with Crippen LogP contribution in [-0.4, -0.2) is 31.9 Å². The van der Waals surface area contributed by atoms with Gasteiger partial charge in [-0.1, -0.05) is 17.7 Å². The zero-order valence-corrected chi connectivity index (χ0v) is 17.8. The van der Waals surface area contributed by atoms with Gasteiger partial charge < -0.3 is 23.7 Å². The van der Waals surface area contributed by atoms with Crippen molar-refractivity contribution in [2.24, 2.45) is 5.41 Å². The number of aliphatic carboxylic acids is 1. The van der Waals surface area contributed by atoms with E-state index in [2.05, 4.69) is 0 Å². The summed E-state index contributed by atoms with van der Waals surface area (Å²) in [6.07, 6.45) is 1.60. The van der Waals surface area contributed by atoms with Crippen LogP contribution in [0.3, 0.4) is 0 Å². The third-order valence-corrected chi connectivity index (χ3v) is 5.77. The van der Waals surface area contributed by atoms with E-state index in [1.807, 2.05) is 0 Å². The first-order chi connectivity index (χ1) is 14.9. The first-order valence-corrected chi connectivity index (χ1v) is 10.1. The highest BCUT2D eigenvalue weighted by Gasteiger charge is 2.45. The van der Waals surface area contributed by atoms with Crippen molar-refractivity contribution in [3.05, 3.63) is 51.6 Å². The number of rotatable bonds is 8. The fourth-order valence-corrected chi connectivity index (χ4v) is 3.76. The number of para-hydroxylation sites is 1. The second-order valence-electron chi connectivity index (χ2n) is 7.65. The van der Waals surface area contributed by atoms with Gasteiger partial charge in [-0.15, -0.1) is 0 Å². The molecule has 0 atom stereocenters. The molecule has 0 unspecified atom stereocenters. The molecular formula is C23H21ClO7. The van der Waals surface area contributed by atoms with Crippen LogP contribution < -0.4 is 19.6 Å². The van der Waals surface area contributed by atoms with Gasteiger partial charge in [0.2, 0.25) is 0 Å². The Bertz CT molecular complexity index is 1210. The fraction of sp³-hybridized carbons (Fsp3) is 0.304. The lowest BCUT2D eigenvalue weighted by atomic mass is 10.0. The average molecular weight is 445 g/mol. The van der Waals surface area contributed by atoms with E-state index in [4.69, 9.17) is 30.2 Å². The molecule has 1 N–H and O–H groups in total. The van der Waals surface area contributed by atoms with Gasteiger partial charge in [0.15, 0.2) is 22.5 Å². The number of ether oxygens (including phenoxy) is 3. The van der Waals surface area contributed by atoms with Crippen molar-refractivity contribution in [3.63, 3.8) is 0 Å². The first-order valence-electron chi connectivity index (χ1n) is 9.69. The van der Waals surface area contributed by atoms with Crippen molar-refractivity contribution in [2.75, 3.05) is 20.8 Å². The third-order valence-electron chi connectivity index (χ3n) is 5.48. The number of hydrogen-bond donors (Lipinski definition) is 1. The van der Waals surface area contributed by atoms with Crippen LogP contribution >= 0.6 is 11.6 Å². The first kappa shape index (κ1) is 21.1. The van der Waals surface area contributed by atoms with Crippen LogP contribution in [0.15, 0.2) is 45.6 Å². The maximum atomic E-state index is 12.7. The molecule has 1 heterocycles. The van der Waals surface area contributed by atoms with E-state index in [9.17, 15) is 14.7 Å². The Morgan fingerprint density at radius 3 is 2.48 bits per heavy atom. The van der Waals surface area contributed by atoms with Gasteiger partial charge in [-0.3, -0.25) is 9.59 Å². The Morgan fingerprint density at radius 2 is 1.84 bits per heavy atom. The summed E-state index contributed by atoms with van der Waals surface area (Å²) >= 11 is 6.25. The second kappa shape index (κ2) is 8.15. The van der Waals surface area contributed by atoms with Gasteiger partial charge in [0.25, 0.3) is 0 Å². The van der Waals surface area contributed by atoms with Gasteiger partial charge in [0, 0.05) is 17.5 Å². The van der Waals surface area contributed by atoms with E-state index in [1.54, 1.807) is 30.3 Å². The lowest BCUT2D eigenvalue weighted by molar-refractivity contribution is -0.138. The molecule has 0 saturated heterocycles. The summed E-state index contributed by atoms with van der Waals surface area (Å²) in [7, 11) is 3.01. The molecule has 3 aromatic rings. The fourth-order valence-electron chi connectivity index (χ4n) is 3.55. The molecule has 0 amide bonds. The number of carboxylic acid groups (broad SMARTS) is 1. The molecule has 0 spiro atoms. The molecule has 1 aliphatic rings. The lowest BCUT2D eigenvalue weighted by Gasteiger charge is -2.18. The number of carbonyl (C=O) groups is 1. The predicted molar refractivity (Wildman–Crippen MR) is 115 cm³/mol. The molecule has 0 radical (unpaired) electrons. The van der Waals surface area contributed by atoms with Gasteiger partial charge in [-0.2, -0.15) is 0 Å². The van der Waals surface area contributed by atoms with Crippen LogP contribution in [0.1, 0.15) is 19.3 Å². The van der Waals surface area contributed by atoms with Crippen LogP contribution in [0.5, 0.6) is 17.2 Å². The van der Waals surface area contributed by atoms with Gasteiger partial charge in [-0.25, -0.2) is 0 Å². The molecule has 31 heavy (non-hydrogen) atoms. The standard InChI is InChI=1S/C23H21ClO7/c1-28-19-8-14(18-9-16(25)13-4-3-5-15(24)22(13)31-18)17(10-20(19)29-2)30-12-23(6-7-23)11-21(26)27/h3-5,8-10H,6-7,11-12H2,1-2H3,(H,26,27). The van der Waals surface area contributed by atoms with Gasteiger partial charge >= 0.3 is 5.97 Å². The monoisotopic (exact) mass is 444 g/mol. The number of benzene rings is 2. The van der Waals surface area contributed by atoms with E-state index in [1.165, 1.54) is 20.3 Å². The minimum absolute atomic E-state index is 0.0380. The Labute approximate surface area is 183 Å². The summed E-state index contributed by atoms with van der Waals surface area (Å²) < 4.78 is 22.8. The predicted octanol–water partition coefficient (Wildman–Crippen LogP) is 4.76. The SMILES string of the molecule is COc1cc(OCC2(CC(=O)O)CC2)c(-c2cc(=O)c3cccc(Cl)c3o2)cc1OC. The van der Waals surface area contributed by atoms with E-state index >= 15 is 0 Å². The molecule has 8 heteroatoms. The summed E-state index contributed by atoms with van der Waals surface area (Å²) in [6.45, 7) is 0.223. The molecule has 1 saturated carbocycles. The maximum absolute atomic E-state index is 12.7. The average Bonchev–Trinajstić information content (AvgIpc) is 3.51. The van der Waals surface area contributed by atoms with Crippen LogP contribution in [0.25, 0.3) is 22.3 Å². The zero-order chi connectivity index (χ0) is 22.2. The molecule has 1 aliphatic carbocycles. The smallest absolute Gasteiger partial charge is 0.304 e. The molecule has 1 fully saturated rings. The molecule has 4 rings (SSSR count). The van der Waals surface area contributed by atoms with E-state index in [0.717, 1.165) is 12.8 Å². The van der Waals surface area contributed by atoms with E-state index < -0.39 is 5.97 Å². The topological polar surface area (TPSA) is 95.2 Å². The van der Waals surface area contributed by atoms with Gasteiger partial charge in [0.1, 0.15) is 11.5 Å². The molecule has 7 nitrogen and oxygen atoms in total. The van der Waals surface area contributed by atoms with Crippen molar-refractivity contribution in [1.29, 1.82) is 0 Å². The normalized spacial score (nSPS) is 14.3. The highest BCUT2D eigenvalue weighted by Crippen LogP contribution is 2.50. The lowest BCUT2D eigenvalue weighted by Crippen LogP contribution is -2.17. The highest BCUT2D eigenvalue weighted by molar-refractivity contribution is 6.34. The van der Waals surface area contributed by atoms with Gasteiger partial charge in [-0.05, 0) is 31.0 Å². The molecular weight excluding hydrogens is 424 g/mol. The minimum Gasteiger partial charge on any atom is -0.493 e. The van der Waals surface area contributed by atoms with Crippen molar-refractivity contribution in [3.8, 4) is 28.6 Å². The van der Waals surface area contributed by atoms with Crippen LogP contribution in [0.2, 0.25) is 5.02 Å². The van der Waals surface area contributed by atoms with Crippen molar-refractivity contribution < 1.29 is 28.5 Å². The number of carboxylic acids is 1. The molecule has 162 valence electrons. The summed E-state index contributed by atoms with van der Waals surface area (Å²) in [5.41, 5.74) is 0.118. The van der Waals surface area contributed by atoms with Crippen molar-refractivity contribution in [1.82, 2.24) is 0 Å². The van der Waals surface area contributed by atoms with E-state index in [0.29, 0.717) is 33.2 Å². The number of hydrogen-bond acceptors (Lipinski definition) is 6. The minimum atomic E-state index is -0.858. The quantitative estimate of drug-likeness (QED) is 0.534. The molecule has 2 aromatic carbocycles. The summed E-state index contributed by atoms with van der Waals surface area (Å²) in [5, 5.41) is 9.86. The highest BCUT2D eigenvalue weighted by atomic mass is 35.5. The second-order valence-corrected chi connectivity index (χ2v) is 8.06. The van der Waals surface area contributed by atoms with Crippen LogP contribution in [0.4, 0.5) is 0 Å². The van der Waals surface area contributed by atoms with Crippen LogP contribution in [-0.2, 0) is 4.79 Å².